The molecule has 1 aliphatic heterocycles. The topological polar surface area (TPSA) is 58.9 Å². The number of nitrogens with one attached hydrogen (secondary N) is 1. The van der Waals surface area contributed by atoms with Crippen LogP contribution in [0.4, 0.5) is 0 Å². The van der Waals surface area contributed by atoms with Gasteiger partial charge in [0.15, 0.2) is 0 Å². The molecule has 1 saturated heterocycles. The first-order valence-electron chi connectivity index (χ1n) is 8.61. The molecule has 1 N–H and O–H groups in total. The number of hydrogen-bond acceptors (Lipinski definition) is 4. The average Bonchev–Trinajstić information content (AvgIpc) is 3.01. The van der Waals surface area contributed by atoms with Crippen LogP contribution in [-0.4, -0.2) is 59.1 Å². The summed E-state index contributed by atoms with van der Waals surface area (Å²) in [6, 6.07) is 6.18. The molecular formula is C18H26N4O2. The molecule has 1 atom stereocenters. The minimum atomic E-state index is -0.114. The van der Waals surface area contributed by atoms with Crippen LogP contribution >= 0.6 is 0 Å². The van der Waals surface area contributed by atoms with Crippen LogP contribution in [0.1, 0.15) is 30.0 Å². The van der Waals surface area contributed by atoms with Crippen LogP contribution in [-0.2, 0) is 4.74 Å². The molecule has 2 aromatic heterocycles. The van der Waals surface area contributed by atoms with Crippen LogP contribution in [0.5, 0.6) is 0 Å². The molecule has 0 radical (unpaired) electrons. The number of aromatic nitrogens is 2. The summed E-state index contributed by atoms with van der Waals surface area (Å²) in [6.45, 7) is 10.4. The number of morpholine rings is 1. The third kappa shape index (κ3) is 3.60. The van der Waals surface area contributed by atoms with Crippen molar-refractivity contribution < 1.29 is 9.53 Å². The summed E-state index contributed by atoms with van der Waals surface area (Å²) >= 11 is 0. The quantitative estimate of drug-likeness (QED) is 0.907. The van der Waals surface area contributed by atoms with Crippen molar-refractivity contribution in [2.24, 2.45) is 5.92 Å². The number of amides is 1. The Hall–Kier alpha value is -1.92. The van der Waals surface area contributed by atoms with E-state index in [9.17, 15) is 4.79 Å². The van der Waals surface area contributed by atoms with E-state index in [-0.39, 0.29) is 5.91 Å². The van der Waals surface area contributed by atoms with E-state index in [0.717, 1.165) is 37.6 Å². The summed E-state index contributed by atoms with van der Waals surface area (Å²) in [7, 11) is 0. The van der Waals surface area contributed by atoms with Gasteiger partial charge in [-0.2, -0.15) is 0 Å². The van der Waals surface area contributed by atoms with Gasteiger partial charge in [-0.3, -0.25) is 9.69 Å². The summed E-state index contributed by atoms with van der Waals surface area (Å²) in [5.41, 5.74) is 2.33. The lowest BCUT2D eigenvalue weighted by Gasteiger charge is -2.36. The molecule has 130 valence electrons. The molecule has 2 aromatic rings. The van der Waals surface area contributed by atoms with Gasteiger partial charge in [0.25, 0.3) is 5.91 Å². The number of hydrogen-bond donors (Lipinski definition) is 1. The highest BCUT2D eigenvalue weighted by Crippen LogP contribution is 2.13. The van der Waals surface area contributed by atoms with Gasteiger partial charge in [0, 0.05) is 37.6 Å². The maximum atomic E-state index is 12.5. The first-order chi connectivity index (χ1) is 11.6. The maximum Gasteiger partial charge on any atom is 0.271 e. The van der Waals surface area contributed by atoms with Crippen molar-refractivity contribution in [1.29, 1.82) is 0 Å². The molecule has 3 rings (SSSR count). The molecule has 1 unspecified atom stereocenters. The highest BCUT2D eigenvalue weighted by Gasteiger charge is 2.24. The van der Waals surface area contributed by atoms with Crippen molar-refractivity contribution in [2.45, 2.75) is 26.8 Å². The monoisotopic (exact) mass is 330 g/mol. The zero-order valence-electron chi connectivity index (χ0n) is 14.7. The predicted octanol–water partition coefficient (Wildman–Crippen LogP) is 1.73. The van der Waals surface area contributed by atoms with Gasteiger partial charge in [0.05, 0.1) is 13.2 Å². The summed E-state index contributed by atoms with van der Waals surface area (Å²) in [5, 5.41) is 3.06. The Labute approximate surface area is 142 Å². The average molecular weight is 330 g/mol. The van der Waals surface area contributed by atoms with Crippen molar-refractivity contribution in [2.75, 3.05) is 32.8 Å². The second-order valence-corrected chi connectivity index (χ2v) is 6.69. The fraction of sp³-hybridized carbons (Fsp3) is 0.556. The lowest BCUT2D eigenvalue weighted by atomic mass is 10.0. The SMILES string of the molecule is Cc1cccc2nc(C(=O)NCC(C(C)C)N3CCOCC3)cn12. The Morgan fingerprint density at radius 3 is 2.75 bits per heavy atom. The summed E-state index contributed by atoms with van der Waals surface area (Å²) < 4.78 is 7.37. The van der Waals surface area contributed by atoms with Crippen LogP contribution < -0.4 is 5.32 Å². The number of rotatable bonds is 5. The van der Waals surface area contributed by atoms with Gasteiger partial charge < -0.3 is 14.5 Å². The Kier molecular flexibility index (Phi) is 5.16. The zero-order chi connectivity index (χ0) is 17.1. The third-order valence-corrected chi connectivity index (χ3v) is 4.68. The molecule has 3 heterocycles. The van der Waals surface area contributed by atoms with Crippen LogP contribution in [0, 0.1) is 12.8 Å². The van der Waals surface area contributed by atoms with E-state index < -0.39 is 0 Å². The van der Waals surface area contributed by atoms with E-state index in [1.165, 1.54) is 0 Å². The molecule has 1 fully saturated rings. The molecular weight excluding hydrogens is 304 g/mol. The van der Waals surface area contributed by atoms with Crippen molar-refractivity contribution in [3.05, 3.63) is 35.8 Å². The van der Waals surface area contributed by atoms with Crippen molar-refractivity contribution >= 4 is 11.6 Å². The molecule has 24 heavy (non-hydrogen) atoms. The number of nitrogens with zero attached hydrogens (tertiary/aromatic N) is 3. The molecule has 0 aromatic carbocycles. The smallest absolute Gasteiger partial charge is 0.271 e. The molecule has 1 aliphatic rings. The van der Waals surface area contributed by atoms with E-state index in [4.69, 9.17) is 4.74 Å². The zero-order valence-corrected chi connectivity index (χ0v) is 14.7. The van der Waals surface area contributed by atoms with Crippen molar-refractivity contribution in [3.8, 4) is 0 Å². The van der Waals surface area contributed by atoms with Gasteiger partial charge in [-0.1, -0.05) is 19.9 Å². The number of imidazole rings is 1. The van der Waals surface area contributed by atoms with Gasteiger partial charge in [-0.25, -0.2) is 4.98 Å². The van der Waals surface area contributed by atoms with Gasteiger partial charge in [0.2, 0.25) is 0 Å². The Morgan fingerprint density at radius 1 is 1.33 bits per heavy atom. The van der Waals surface area contributed by atoms with E-state index >= 15 is 0 Å². The van der Waals surface area contributed by atoms with Gasteiger partial charge in [-0.15, -0.1) is 0 Å². The van der Waals surface area contributed by atoms with Gasteiger partial charge in [-0.05, 0) is 25.0 Å². The maximum absolute atomic E-state index is 12.5. The molecule has 1 amide bonds. The molecule has 6 nitrogen and oxygen atoms in total. The van der Waals surface area contributed by atoms with E-state index in [2.05, 4.69) is 29.0 Å². The fourth-order valence-corrected chi connectivity index (χ4v) is 3.24. The number of ether oxygens (including phenoxy) is 1. The molecule has 0 bridgehead atoms. The van der Waals surface area contributed by atoms with Crippen molar-refractivity contribution in [1.82, 2.24) is 19.6 Å². The highest BCUT2D eigenvalue weighted by molar-refractivity contribution is 5.92. The number of carbonyl (C=O) groups is 1. The van der Waals surface area contributed by atoms with Crippen LogP contribution in [0.15, 0.2) is 24.4 Å². The molecule has 0 saturated carbocycles. The summed E-state index contributed by atoms with van der Waals surface area (Å²) in [5.74, 6) is 0.351. The van der Waals surface area contributed by atoms with Crippen LogP contribution in [0.2, 0.25) is 0 Å². The first kappa shape index (κ1) is 16.9. The first-order valence-corrected chi connectivity index (χ1v) is 8.61. The minimum Gasteiger partial charge on any atom is -0.379 e. The predicted molar refractivity (Wildman–Crippen MR) is 93.3 cm³/mol. The fourth-order valence-electron chi connectivity index (χ4n) is 3.24. The summed E-state index contributed by atoms with van der Waals surface area (Å²) in [6.07, 6.45) is 1.80. The van der Waals surface area contributed by atoms with Crippen LogP contribution in [0.25, 0.3) is 5.65 Å². The Morgan fingerprint density at radius 2 is 2.08 bits per heavy atom. The third-order valence-electron chi connectivity index (χ3n) is 4.68. The standard InChI is InChI=1S/C18H26N4O2/c1-13(2)16(21-7-9-24-10-8-21)11-19-18(23)15-12-22-14(3)5-4-6-17(22)20-15/h4-6,12-13,16H,7-11H2,1-3H3,(H,19,23). The summed E-state index contributed by atoms with van der Waals surface area (Å²) in [4.78, 5) is 19.3. The number of aryl methyl sites for hydroxylation is 1. The second-order valence-electron chi connectivity index (χ2n) is 6.69. The Bertz CT molecular complexity index is 704. The number of carbonyl (C=O) groups excluding carboxylic acids is 1. The van der Waals surface area contributed by atoms with E-state index in [1.807, 2.05) is 29.5 Å². The largest absolute Gasteiger partial charge is 0.379 e. The minimum absolute atomic E-state index is 0.114. The van der Waals surface area contributed by atoms with E-state index in [0.29, 0.717) is 24.2 Å². The molecule has 6 heteroatoms. The van der Waals surface area contributed by atoms with E-state index in [1.54, 1.807) is 6.20 Å². The number of pyridine rings is 1. The normalized spacial score (nSPS) is 17.3. The molecule has 0 spiro atoms. The lowest BCUT2D eigenvalue weighted by Crippen LogP contribution is -2.51. The van der Waals surface area contributed by atoms with Gasteiger partial charge >= 0.3 is 0 Å². The lowest BCUT2D eigenvalue weighted by molar-refractivity contribution is 0.00671. The number of fused-ring (bicyclic) bond motifs is 1. The molecule has 0 aliphatic carbocycles. The highest BCUT2D eigenvalue weighted by atomic mass is 16.5. The van der Waals surface area contributed by atoms with Crippen LogP contribution in [0.3, 0.4) is 0 Å². The van der Waals surface area contributed by atoms with Gasteiger partial charge in [0.1, 0.15) is 11.3 Å². The van der Waals surface area contributed by atoms with Crippen molar-refractivity contribution in [3.63, 3.8) is 0 Å². The Balaban J connectivity index is 1.67. The second kappa shape index (κ2) is 7.32.